The van der Waals surface area contributed by atoms with Crippen LogP contribution >= 0.6 is 0 Å². The van der Waals surface area contributed by atoms with Crippen LogP contribution in [-0.2, 0) is 6.54 Å². The average Bonchev–Trinajstić information content (AvgIpc) is 3.43. The number of fused-ring (bicyclic) bond motifs is 1. The van der Waals surface area contributed by atoms with Crippen LogP contribution in [0.5, 0.6) is 5.88 Å². The van der Waals surface area contributed by atoms with Crippen LogP contribution < -0.4 is 4.74 Å². The van der Waals surface area contributed by atoms with Gasteiger partial charge in [-0.3, -0.25) is 0 Å². The maximum atomic E-state index is 14.4. The fraction of sp³-hybridized carbons (Fsp3) is 0.250. The smallest absolute Gasteiger partial charge is 0.238 e. The number of hydrogen-bond donors (Lipinski definition) is 0. The molecular weight excluding hydrogens is 445 g/mol. The fourth-order valence-corrected chi connectivity index (χ4v) is 4.20. The number of ether oxygens (including phenoxy) is 1. The SMILES string of the molecule is COc1nc(C=Cc2nc3n(n2)CCC[C@H]3c2c(F)cc(F)cc2F)ccc1-n1cnc(C)c1. The van der Waals surface area contributed by atoms with Gasteiger partial charge in [0.05, 0.1) is 24.8 Å². The number of rotatable bonds is 5. The standard InChI is InChI=1S/C24H21F3N6O/c1-14-12-32(13-28-14)20-7-5-16(29-24(20)34-2)6-8-21-30-23-17(4-3-9-33(23)31-21)22-18(26)10-15(25)11-19(22)27/h5-8,10-13,17H,3-4,9H2,1-2H3/t17-/m0/s1. The highest BCUT2D eigenvalue weighted by Crippen LogP contribution is 2.35. The van der Waals surface area contributed by atoms with Crippen LogP contribution in [0.4, 0.5) is 13.2 Å². The molecule has 5 rings (SSSR count). The van der Waals surface area contributed by atoms with Gasteiger partial charge in [-0.2, -0.15) is 5.10 Å². The van der Waals surface area contributed by atoms with Gasteiger partial charge >= 0.3 is 0 Å². The molecule has 1 aromatic carbocycles. The molecule has 0 N–H and O–H groups in total. The first kappa shape index (κ1) is 21.9. The molecule has 3 aromatic heterocycles. The summed E-state index contributed by atoms with van der Waals surface area (Å²) >= 11 is 0. The molecule has 0 fully saturated rings. The average molecular weight is 466 g/mol. The molecule has 1 aliphatic heterocycles. The van der Waals surface area contributed by atoms with Gasteiger partial charge in [-0.1, -0.05) is 0 Å². The summed E-state index contributed by atoms with van der Waals surface area (Å²) in [4.78, 5) is 13.2. The molecule has 174 valence electrons. The van der Waals surface area contributed by atoms with E-state index in [9.17, 15) is 13.2 Å². The van der Waals surface area contributed by atoms with Crippen molar-refractivity contribution in [3.8, 4) is 11.6 Å². The predicted octanol–water partition coefficient (Wildman–Crippen LogP) is 4.69. The van der Waals surface area contributed by atoms with E-state index in [4.69, 9.17) is 4.74 Å². The number of pyridine rings is 1. The zero-order valence-corrected chi connectivity index (χ0v) is 18.5. The van der Waals surface area contributed by atoms with Crippen LogP contribution in [0.1, 0.15) is 47.4 Å². The van der Waals surface area contributed by atoms with E-state index in [1.54, 1.807) is 30.3 Å². The van der Waals surface area contributed by atoms with Crippen molar-refractivity contribution in [1.82, 2.24) is 29.3 Å². The van der Waals surface area contributed by atoms with Crippen LogP contribution in [0.3, 0.4) is 0 Å². The first-order chi connectivity index (χ1) is 16.4. The molecule has 0 unspecified atom stereocenters. The number of halogens is 3. The lowest BCUT2D eigenvalue weighted by molar-refractivity contribution is 0.395. The number of aryl methyl sites for hydroxylation is 2. The van der Waals surface area contributed by atoms with E-state index in [0.29, 0.717) is 54.7 Å². The molecule has 0 bridgehead atoms. The van der Waals surface area contributed by atoms with Crippen molar-refractivity contribution in [2.45, 2.75) is 32.2 Å². The van der Waals surface area contributed by atoms with E-state index in [0.717, 1.165) is 11.4 Å². The Labute approximate surface area is 193 Å². The highest BCUT2D eigenvalue weighted by molar-refractivity contribution is 5.65. The van der Waals surface area contributed by atoms with Gasteiger partial charge in [-0.25, -0.2) is 32.8 Å². The third kappa shape index (κ3) is 4.07. The van der Waals surface area contributed by atoms with Gasteiger partial charge < -0.3 is 9.30 Å². The van der Waals surface area contributed by atoms with Gasteiger partial charge in [0.25, 0.3) is 0 Å². The van der Waals surface area contributed by atoms with Gasteiger partial charge in [0.2, 0.25) is 5.88 Å². The predicted molar refractivity (Wildman–Crippen MR) is 119 cm³/mol. The molecule has 0 amide bonds. The molecule has 1 atom stereocenters. The second-order valence-electron chi connectivity index (χ2n) is 8.05. The molecule has 7 nitrogen and oxygen atoms in total. The van der Waals surface area contributed by atoms with E-state index in [1.165, 1.54) is 0 Å². The zero-order chi connectivity index (χ0) is 23.8. The lowest BCUT2D eigenvalue weighted by Crippen LogP contribution is -2.20. The number of aromatic nitrogens is 6. The fourth-order valence-electron chi connectivity index (χ4n) is 4.20. The van der Waals surface area contributed by atoms with E-state index in [1.807, 2.05) is 29.8 Å². The minimum Gasteiger partial charge on any atom is -0.479 e. The number of imidazole rings is 1. The quantitative estimate of drug-likeness (QED) is 0.427. The Balaban J connectivity index is 1.43. The summed E-state index contributed by atoms with van der Waals surface area (Å²) in [5.74, 6) is -2.15. The minimum atomic E-state index is -0.947. The number of benzene rings is 1. The summed E-state index contributed by atoms with van der Waals surface area (Å²) in [5.41, 5.74) is 2.07. The van der Waals surface area contributed by atoms with Crippen LogP contribution in [-0.4, -0.2) is 36.4 Å². The van der Waals surface area contributed by atoms with Crippen molar-refractivity contribution in [2.75, 3.05) is 7.11 Å². The second-order valence-corrected chi connectivity index (χ2v) is 8.05. The van der Waals surface area contributed by atoms with Crippen molar-refractivity contribution >= 4 is 12.2 Å². The van der Waals surface area contributed by atoms with Crippen molar-refractivity contribution in [2.24, 2.45) is 0 Å². The number of nitrogens with zero attached hydrogens (tertiary/aromatic N) is 6. The Morgan fingerprint density at radius 1 is 1.09 bits per heavy atom. The minimum absolute atomic E-state index is 0.179. The summed E-state index contributed by atoms with van der Waals surface area (Å²) in [5, 5.41) is 4.46. The Bertz CT molecular complexity index is 1370. The van der Waals surface area contributed by atoms with Gasteiger partial charge in [-0.15, -0.1) is 0 Å². The maximum Gasteiger partial charge on any atom is 0.238 e. The molecule has 1 aliphatic rings. The molecule has 0 saturated heterocycles. The Morgan fingerprint density at radius 2 is 1.88 bits per heavy atom. The van der Waals surface area contributed by atoms with Crippen molar-refractivity contribution in [1.29, 1.82) is 0 Å². The second kappa shape index (κ2) is 8.77. The van der Waals surface area contributed by atoms with E-state index in [-0.39, 0.29) is 5.56 Å². The first-order valence-corrected chi connectivity index (χ1v) is 10.8. The number of methoxy groups -OCH3 is 1. The Morgan fingerprint density at radius 3 is 2.59 bits per heavy atom. The van der Waals surface area contributed by atoms with E-state index >= 15 is 0 Å². The Kier molecular flexibility index (Phi) is 5.64. The molecule has 10 heteroatoms. The van der Waals surface area contributed by atoms with E-state index < -0.39 is 23.4 Å². The van der Waals surface area contributed by atoms with Gasteiger partial charge in [-0.05, 0) is 44.1 Å². The summed E-state index contributed by atoms with van der Waals surface area (Å²) in [6, 6.07) is 5.09. The van der Waals surface area contributed by atoms with Crippen molar-refractivity contribution in [3.05, 3.63) is 82.8 Å². The third-order valence-electron chi connectivity index (χ3n) is 5.73. The zero-order valence-electron chi connectivity index (χ0n) is 18.5. The lowest BCUT2D eigenvalue weighted by Gasteiger charge is -2.23. The van der Waals surface area contributed by atoms with Crippen LogP contribution in [0.15, 0.2) is 36.8 Å². The molecule has 0 radical (unpaired) electrons. The molecule has 0 aliphatic carbocycles. The van der Waals surface area contributed by atoms with Crippen LogP contribution in [0, 0.1) is 24.4 Å². The first-order valence-electron chi connectivity index (χ1n) is 10.8. The van der Waals surface area contributed by atoms with Gasteiger partial charge in [0, 0.05) is 36.4 Å². The van der Waals surface area contributed by atoms with Gasteiger partial charge in [0.1, 0.15) is 29.0 Å². The summed E-state index contributed by atoms with van der Waals surface area (Å²) in [6.45, 7) is 2.48. The summed E-state index contributed by atoms with van der Waals surface area (Å²) in [7, 11) is 1.54. The topological polar surface area (TPSA) is 70.7 Å². The molecule has 4 heterocycles. The van der Waals surface area contributed by atoms with Crippen molar-refractivity contribution in [3.63, 3.8) is 0 Å². The molecule has 4 aromatic rings. The van der Waals surface area contributed by atoms with Gasteiger partial charge in [0.15, 0.2) is 5.82 Å². The summed E-state index contributed by atoms with van der Waals surface area (Å²) < 4.78 is 51.1. The molecule has 0 saturated carbocycles. The number of hydrogen-bond acceptors (Lipinski definition) is 5. The Hall–Kier alpha value is -3.95. The monoisotopic (exact) mass is 466 g/mol. The third-order valence-corrected chi connectivity index (χ3v) is 5.73. The normalized spacial score (nSPS) is 15.6. The molecular formula is C24H21F3N6O. The molecule has 34 heavy (non-hydrogen) atoms. The largest absolute Gasteiger partial charge is 0.479 e. The highest BCUT2D eigenvalue weighted by Gasteiger charge is 2.30. The van der Waals surface area contributed by atoms with Crippen LogP contribution in [0.25, 0.3) is 17.8 Å². The lowest BCUT2D eigenvalue weighted by atomic mass is 9.90. The molecule has 0 spiro atoms. The highest BCUT2D eigenvalue weighted by atomic mass is 19.1. The van der Waals surface area contributed by atoms with E-state index in [2.05, 4.69) is 20.1 Å². The maximum absolute atomic E-state index is 14.4. The summed E-state index contributed by atoms with van der Waals surface area (Å²) in [6.07, 6.45) is 8.15. The van der Waals surface area contributed by atoms with Crippen LogP contribution in [0.2, 0.25) is 0 Å². The van der Waals surface area contributed by atoms with Crippen molar-refractivity contribution < 1.29 is 17.9 Å².